The maximum absolute atomic E-state index is 12.3. The van der Waals surface area contributed by atoms with Crippen molar-refractivity contribution < 1.29 is 4.79 Å². The highest BCUT2D eigenvalue weighted by molar-refractivity contribution is 5.91. The lowest BCUT2D eigenvalue weighted by atomic mass is 10.2. The number of carbonyl (C=O) groups excluding carboxylic acids is 1. The first-order chi connectivity index (χ1) is 13.1. The lowest BCUT2D eigenvalue weighted by Crippen LogP contribution is -2.14. The van der Waals surface area contributed by atoms with Crippen LogP contribution in [0.25, 0.3) is 5.69 Å². The van der Waals surface area contributed by atoms with Gasteiger partial charge < -0.3 is 10.2 Å². The molecular weight excluding hydrogens is 340 g/mol. The summed E-state index contributed by atoms with van der Waals surface area (Å²) in [5, 5.41) is 14.4. The van der Waals surface area contributed by atoms with Crippen LogP contribution in [0.4, 0.5) is 5.82 Å². The molecule has 0 aliphatic heterocycles. The van der Waals surface area contributed by atoms with Crippen molar-refractivity contribution in [3.63, 3.8) is 0 Å². The molecule has 1 amide bonds. The van der Waals surface area contributed by atoms with Crippen LogP contribution in [0.3, 0.4) is 0 Å². The summed E-state index contributed by atoms with van der Waals surface area (Å²) >= 11 is 0. The zero-order valence-corrected chi connectivity index (χ0v) is 15.6. The molecule has 1 fully saturated rings. The summed E-state index contributed by atoms with van der Waals surface area (Å²) in [6, 6.07) is 10.2. The predicted molar refractivity (Wildman–Crippen MR) is 104 cm³/mol. The lowest BCUT2D eigenvalue weighted by Gasteiger charge is -2.10. The fourth-order valence-corrected chi connectivity index (χ4v) is 3.13. The van der Waals surface area contributed by atoms with Crippen LogP contribution in [-0.2, 0) is 17.8 Å². The van der Waals surface area contributed by atoms with Crippen molar-refractivity contribution in [2.75, 3.05) is 19.4 Å². The van der Waals surface area contributed by atoms with E-state index in [0.717, 1.165) is 23.5 Å². The van der Waals surface area contributed by atoms with Crippen LogP contribution in [0, 0.1) is 0 Å². The molecule has 1 saturated carbocycles. The van der Waals surface area contributed by atoms with Gasteiger partial charge in [0.2, 0.25) is 5.91 Å². The molecule has 2 heterocycles. The normalized spacial score (nSPS) is 13.9. The molecule has 2 N–H and O–H groups in total. The number of hydrogen-bond donors (Lipinski definition) is 2. The van der Waals surface area contributed by atoms with Gasteiger partial charge in [-0.3, -0.25) is 9.89 Å². The molecule has 1 aliphatic carbocycles. The first-order valence-corrected chi connectivity index (χ1v) is 9.19. The lowest BCUT2D eigenvalue weighted by molar-refractivity contribution is -0.115. The second kappa shape index (κ2) is 7.36. The van der Waals surface area contributed by atoms with Crippen LogP contribution < -0.4 is 5.32 Å². The van der Waals surface area contributed by atoms with Gasteiger partial charge in [0, 0.05) is 30.4 Å². The first-order valence-electron chi connectivity index (χ1n) is 9.19. The van der Waals surface area contributed by atoms with Gasteiger partial charge in [-0.15, -0.1) is 0 Å². The smallest absolute Gasteiger partial charge is 0.230 e. The van der Waals surface area contributed by atoms with Crippen LogP contribution >= 0.6 is 0 Å². The van der Waals surface area contributed by atoms with Crippen molar-refractivity contribution >= 4 is 11.7 Å². The molecule has 0 unspecified atom stereocenters. The largest absolute Gasteiger partial charge is 0.309 e. The zero-order valence-electron chi connectivity index (χ0n) is 15.6. The average molecular weight is 364 g/mol. The van der Waals surface area contributed by atoms with Gasteiger partial charge in [0.25, 0.3) is 0 Å². The van der Waals surface area contributed by atoms with E-state index in [1.807, 2.05) is 43.2 Å². The zero-order chi connectivity index (χ0) is 18.8. The summed E-state index contributed by atoms with van der Waals surface area (Å²) in [6.07, 6.45) is 6.30. The van der Waals surface area contributed by atoms with Gasteiger partial charge in [0.05, 0.1) is 18.3 Å². The Morgan fingerprint density at radius 1 is 1.30 bits per heavy atom. The molecule has 0 bridgehead atoms. The van der Waals surface area contributed by atoms with Gasteiger partial charge in [-0.25, -0.2) is 4.68 Å². The summed E-state index contributed by atoms with van der Waals surface area (Å²) in [5.41, 5.74) is 4.18. The Bertz CT molecular complexity index is 937. The molecule has 2 aromatic heterocycles. The third kappa shape index (κ3) is 4.43. The number of aromatic nitrogens is 4. The highest BCUT2D eigenvalue weighted by Crippen LogP contribution is 2.39. The molecule has 1 aliphatic rings. The summed E-state index contributed by atoms with van der Waals surface area (Å²) in [4.78, 5) is 14.4. The topological polar surface area (TPSA) is 78.8 Å². The molecule has 0 atom stereocenters. The molecule has 7 heteroatoms. The molecule has 140 valence electrons. The number of rotatable bonds is 7. The minimum Gasteiger partial charge on any atom is -0.309 e. The van der Waals surface area contributed by atoms with E-state index in [1.165, 1.54) is 18.4 Å². The number of aromatic amines is 1. The van der Waals surface area contributed by atoms with E-state index < -0.39 is 0 Å². The summed E-state index contributed by atoms with van der Waals surface area (Å²) in [7, 11) is 4.09. The Morgan fingerprint density at radius 2 is 2.15 bits per heavy atom. The standard InChI is InChI=1S/C20H24N6O/c1-25(2)12-14-4-3-5-17(8-14)26-13-15(11-21-26)9-20(27)22-19-10-18(23-24-19)16-6-7-16/h3-5,8,10-11,13,16H,6-7,9,12H2,1-2H3,(H2,22,23,24,27). The first kappa shape index (κ1) is 17.5. The highest BCUT2D eigenvalue weighted by atomic mass is 16.1. The van der Waals surface area contributed by atoms with Gasteiger partial charge in [-0.05, 0) is 50.2 Å². The maximum Gasteiger partial charge on any atom is 0.230 e. The number of amides is 1. The van der Waals surface area contributed by atoms with Gasteiger partial charge in [-0.2, -0.15) is 10.2 Å². The monoisotopic (exact) mass is 364 g/mol. The van der Waals surface area contributed by atoms with E-state index in [2.05, 4.69) is 37.6 Å². The molecule has 3 aromatic rings. The molecule has 1 aromatic carbocycles. The highest BCUT2D eigenvalue weighted by Gasteiger charge is 2.25. The maximum atomic E-state index is 12.3. The minimum atomic E-state index is -0.0928. The van der Waals surface area contributed by atoms with Crippen molar-refractivity contribution in [2.45, 2.75) is 31.7 Å². The summed E-state index contributed by atoms with van der Waals surface area (Å²) < 4.78 is 1.81. The fourth-order valence-electron chi connectivity index (χ4n) is 3.13. The van der Waals surface area contributed by atoms with Crippen LogP contribution in [0.5, 0.6) is 0 Å². The van der Waals surface area contributed by atoms with Crippen LogP contribution in [0.2, 0.25) is 0 Å². The Balaban J connectivity index is 1.39. The van der Waals surface area contributed by atoms with Gasteiger partial charge >= 0.3 is 0 Å². The molecular formula is C20H24N6O. The Morgan fingerprint density at radius 3 is 2.93 bits per heavy atom. The van der Waals surface area contributed by atoms with Gasteiger partial charge in [-0.1, -0.05) is 12.1 Å². The Labute approximate surface area is 158 Å². The van der Waals surface area contributed by atoms with E-state index >= 15 is 0 Å². The third-order valence-electron chi connectivity index (χ3n) is 4.56. The van der Waals surface area contributed by atoms with Crippen LogP contribution in [-0.4, -0.2) is 44.9 Å². The third-order valence-corrected chi connectivity index (χ3v) is 4.56. The van der Waals surface area contributed by atoms with Crippen molar-refractivity contribution in [1.82, 2.24) is 24.9 Å². The van der Waals surface area contributed by atoms with E-state index in [9.17, 15) is 4.79 Å². The SMILES string of the molecule is CN(C)Cc1cccc(-n2cc(CC(=O)Nc3cc(C4CC4)[nH]n3)cn2)c1. The number of nitrogens with zero attached hydrogens (tertiary/aromatic N) is 4. The summed E-state index contributed by atoms with van der Waals surface area (Å²) in [5.74, 6) is 1.08. The van der Waals surface area contributed by atoms with E-state index in [1.54, 1.807) is 6.20 Å². The van der Waals surface area contributed by atoms with E-state index in [-0.39, 0.29) is 12.3 Å². The average Bonchev–Trinajstić information content (AvgIpc) is 3.19. The Hall–Kier alpha value is -2.93. The van der Waals surface area contributed by atoms with Crippen molar-refractivity contribution in [3.05, 3.63) is 59.5 Å². The number of carbonyl (C=O) groups is 1. The quantitative estimate of drug-likeness (QED) is 0.676. The predicted octanol–water partition coefficient (Wildman–Crippen LogP) is 2.72. The minimum absolute atomic E-state index is 0.0928. The molecule has 27 heavy (non-hydrogen) atoms. The number of H-pyrrole nitrogens is 1. The van der Waals surface area contributed by atoms with Crippen LogP contribution in [0.1, 0.15) is 35.6 Å². The number of anilines is 1. The molecule has 0 saturated heterocycles. The molecule has 0 radical (unpaired) electrons. The fraction of sp³-hybridized carbons (Fsp3) is 0.350. The molecule has 4 rings (SSSR count). The molecule has 7 nitrogen and oxygen atoms in total. The van der Waals surface area contributed by atoms with E-state index in [0.29, 0.717) is 11.7 Å². The van der Waals surface area contributed by atoms with E-state index in [4.69, 9.17) is 0 Å². The van der Waals surface area contributed by atoms with Crippen molar-refractivity contribution in [1.29, 1.82) is 0 Å². The van der Waals surface area contributed by atoms with Crippen molar-refractivity contribution in [3.8, 4) is 5.69 Å². The number of nitrogens with one attached hydrogen (secondary N) is 2. The second-order valence-electron chi connectivity index (χ2n) is 7.41. The van der Waals surface area contributed by atoms with Gasteiger partial charge in [0.1, 0.15) is 0 Å². The number of hydrogen-bond acceptors (Lipinski definition) is 4. The van der Waals surface area contributed by atoms with Crippen molar-refractivity contribution in [2.24, 2.45) is 0 Å². The van der Waals surface area contributed by atoms with Crippen LogP contribution in [0.15, 0.2) is 42.7 Å². The number of benzene rings is 1. The van der Waals surface area contributed by atoms with Gasteiger partial charge in [0.15, 0.2) is 5.82 Å². The second-order valence-corrected chi connectivity index (χ2v) is 7.41. The molecule has 0 spiro atoms. The Kier molecular flexibility index (Phi) is 4.77. The summed E-state index contributed by atoms with van der Waals surface area (Å²) in [6.45, 7) is 0.872.